The summed E-state index contributed by atoms with van der Waals surface area (Å²) in [6, 6.07) is 17.7. The molecule has 1 atom stereocenters. The fourth-order valence-electron chi connectivity index (χ4n) is 3.70. The minimum atomic E-state index is -4.54. The fraction of sp³-hybridized carbons (Fsp3) is 0.160. The van der Waals surface area contributed by atoms with Crippen molar-refractivity contribution in [2.75, 3.05) is 16.8 Å². The number of benzodiazepines with no additional fused rings is 1. The predicted octanol–water partition coefficient (Wildman–Crippen LogP) is 5.57. The van der Waals surface area contributed by atoms with Gasteiger partial charge in [0, 0.05) is 21.8 Å². The Morgan fingerprint density at radius 1 is 1.06 bits per heavy atom. The van der Waals surface area contributed by atoms with Crippen molar-refractivity contribution in [2.45, 2.75) is 19.1 Å². The van der Waals surface area contributed by atoms with Crippen molar-refractivity contribution >= 4 is 40.5 Å². The van der Waals surface area contributed by atoms with Crippen LogP contribution < -0.4 is 10.2 Å². The second-order valence-corrected chi connectivity index (χ2v) is 8.17. The second-order valence-electron chi connectivity index (χ2n) is 7.73. The summed E-state index contributed by atoms with van der Waals surface area (Å²) in [5.74, 6) is -1.07. The van der Waals surface area contributed by atoms with Crippen LogP contribution in [-0.4, -0.2) is 30.1 Å². The molecule has 9 heteroatoms. The number of fused-ring (bicyclic) bond motifs is 1. The molecule has 0 saturated carbocycles. The highest BCUT2D eigenvalue weighted by atomic mass is 35.5. The number of rotatable bonds is 4. The molecule has 1 heterocycles. The Bertz CT molecular complexity index is 1280. The van der Waals surface area contributed by atoms with Gasteiger partial charge in [-0.25, -0.2) is 0 Å². The highest BCUT2D eigenvalue weighted by Gasteiger charge is 2.32. The maximum absolute atomic E-state index is 13.2. The third kappa shape index (κ3) is 4.97. The SMILES string of the molecule is CC1N=C(c2ccccc2)c2cc(Cl)ccc2N(CC(=O)Nc2cccc(C(F)(F)F)c2)C1=O. The van der Waals surface area contributed by atoms with Crippen molar-refractivity contribution in [1.82, 2.24) is 0 Å². The van der Waals surface area contributed by atoms with Crippen molar-refractivity contribution in [3.05, 3.63) is 94.5 Å². The summed E-state index contributed by atoms with van der Waals surface area (Å²) in [4.78, 5) is 31.9. The van der Waals surface area contributed by atoms with Gasteiger partial charge in [-0.2, -0.15) is 13.2 Å². The number of halogens is 4. The topological polar surface area (TPSA) is 61.8 Å². The van der Waals surface area contributed by atoms with Crippen molar-refractivity contribution in [3.8, 4) is 0 Å². The molecule has 34 heavy (non-hydrogen) atoms. The number of benzene rings is 3. The van der Waals surface area contributed by atoms with Gasteiger partial charge in [0.1, 0.15) is 12.6 Å². The number of aliphatic imine (C=N–C) groups is 1. The fourth-order valence-corrected chi connectivity index (χ4v) is 3.87. The summed E-state index contributed by atoms with van der Waals surface area (Å²) in [5, 5.41) is 2.87. The van der Waals surface area contributed by atoms with Gasteiger partial charge < -0.3 is 10.2 Å². The van der Waals surface area contributed by atoms with Gasteiger partial charge in [0.2, 0.25) is 5.91 Å². The minimum absolute atomic E-state index is 0.0206. The van der Waals surface area contributed by atoms with E-state index >= 15 is 0 Å². The standard InChI is InChI=1S/C25H19ClF3N3O2/c1-15-24(34)32(14-22(33)31-19-9-5-8-17(12-19)25(27,28)29)21-11-10-18(26)13-20(21)23(30-15)16-6-3-2-4-7-16/h2-13,15H,14H2,1H3,(H,31,33). The second kappa shape index (κ2) is 9.30. The molecule has 0 fully saturated rings. The maximum Gasteiger partial charge on any atom is 0.416 e. The van der Waals surface area contributed by atoms with E-state index in [-0.39, 0.29) is 5.69 Å². The lowest BCUT2D eigenvalue weighted by Gasteiger charge is -2.24. The molecule has 3 aromatic rings. The van der Waals surface area contributed by atoms with Crippen LogP contribution in [0.15, 0.2) is 77.8 Å². The summed E-state index contributed by atoms with van der Waals surface area (Å²) >= 11 is 6.24. The number of hydrogen-bond acceptors (Lipinski definition) is 3. The van der Waals surface area contributed by atoms with E-state index in [9.17, 15) is 22.8 Å². The third-order valence-electron chi connectivity index (χ3n) is 5.27. The van der Waals surface area contributed by atoms with Crippen LogP contribution in [-0.2, 0) is 15.8 Å². The lowest BCUT2D eigenvalue weighted by Crippen LogP contribution is -2.42. The predicted molar refractivity (Wildman–Crippen MR) is 125 cm³/mol. The summed E-state index contributed by atoms with van der Waals surface area (Å²) in [5.41, 5.74) is 1.43. The summed E-state index contributed by atoms with van der Waals surface area (Å²) < 4.78 is 39.0. The van der Waals surface area contributed by atoms with E-state index in [1.165, 1.54) is 17.0 Å². The van der Waals surface area contributed by atoms with Gasteiger partial charge in [-0.3, -0.25) is 14.6 Å². The van der Waals surface area contributed by atoms with Crippen LogP contribution in [0, 0.1) is 0 Å². The molecule has 4 rings (SSSR count). The lowest BCUT2D eigenvalue weighted by molar-refractivity contribution is -0.137. The van der Waals surface area contributed by atoms with E-state index in [1.807, 2.05) is 30.3 Å². The number of anilines is 2. The number of carbonyl (C=O) groups excluding carboxylic acids is 2. The van der Waals surface area contributed by atoms with E-state index in [2.05, 4.69) is 10.3 Å². The Kier molecular flexibility index (Phi) is 6.43. The van der Waals surface area contributed by atoms with Crippen molar-refractivity contribution in [1.29, 1.82) is 0 Å². The highest BCUT2D eigenvalue weighted by molar-refractivity contribution is 6.32. The number of nitrogens with zero attached hydrogens (tertiary/aromatic N) is 2. The first kappa shape index (κ1) is 23.5. The molecule has 0 bridgehead atoms. The molecule has 0 spiro atoms. The number of hydrogen-bond donors (Lipinski definition) is 1. The Morgan fingerprint density at radius 3 is 2.50 bits per heavy atom. The molecule has 5 nitrogen and oxygen atoms in total. The molecule has 3 aromatic carbocycles. The zero-order valence-corrected chi connectivity index (χ0v) is 18.7. The first-order chi connectivity index (χ1) is 16.1. The smallest absolute Gasteiger partial charge is 0.325 e. The van der Waals surface area contributed by atoms with E-state index in [0.717, 1.165) is 17.7 Å². The number of alkyl halides is 3. The molecule has 0 aliphatic carbocycles. The van der Waals surface area contributed by atoms with Crippen molar-refractivity contribution < 1.29 is 22.8 Å². The van der Waals surface area contributed by atoms with E-state index in [0.29, 0.717) is 22.0 Å². The molecule has 0 aromatic heterocycles. The average molecular weight is 486 g/mol. The van der Waals surface area contributed by atoms with E-state index < -0.39 is 36.1 Å². The molecule has 0 saturated heterocycles. The summed E-state index contributed by atoms with van der Waals surface area (Å²) in [6.45, 7) is 1.21. The van der Waals surface area contributed by atoms with Crippen LogP contribution in [0.1, 0.15) is 23.6 Å². The summed E-state index contributed by atoms with van der Waals surface area (Å²) in [7, 11) is 0. The molecule has 1 aliphatic heterocycles. The van der Waals surface area contributed by atoms with E-state index in [1.54, 1.807) is 25.1 Å². The molecule has 174 valence electrons. The molecule has 2 amide bonds. The molecule has 0 radical (unpaired) electrons. The van der Waals surface area contributed by atoms with Gasteiger partial charge in [0.25, 0.3) is 5.91 Å². The van der Waals surface area contributed by atoms with E-state index in [4.69, 9.17) is 11.6 Å². The molecular formula is C25H19ClF3N3O2. The normalized spacial score (nSPS) is 15.9. The number of nitrogens with one attached hydrogen (secondary N) is 1. The monoisotopic (exact) mass is 485 g/mol. The average Bonchev–Trinajstić information content (AvgIpc) is 2.89. The van der Waals surface area contributed by atoms with Crippen LogP contribution in [0.5, 0.6) is 0 Å². The first-order valence-electron chi connectivity index (χ1n) is 10.3. The van der Waals surface area contributed by atoms with Crippen LogP contribution >= 0.6 is 11.6 Å². The van der Waals surface area contributed by atoms with Gasteiger partial charge in [0.15, 0.2) is 0 Å². The lowest BCUT2D eigenvalue weighted by atomic mass is 10.00. The Labute approximate surface area is 198 Å². The molecule has 1 unspecified atom stereocenters. The maximum atomic E-state index is 13.2. The molecule has 1 aliphatic rings. The largest absolute Gasteiger partial charge is 0.416 e. The zero-order valence-electron chi connectivity index (χ0n) is 17.9. The van der Waals surface area contributed by atoms with Crippen LogP contribution in [0.2, 0.25) is 5.02 Å². The van der Waals surface area contributed by atoms with Gasteiger partial charge in [-0.1, -0.05) is 48.0 Å². The minimum Gasteiger partial charge on any atom is -0.325 e. The van der Waals surface area contributed by atoms with Crippen LogP contribution in [0.4, 0.5) is 24.5 Å². The Morgan fingerprint density at radius 2 is 1.79 bits per heavy atom. The Balaban J connectivity index is 1.67. The van der Waals surface area contributed by atoms with Crippen molar-refractivity contribution in [3.63, 3.8) is 0 Å². The highest BCUT2D eigenvalue weighted by Crippen LogP contribution is 2.32. The first-order valence-corrected chi connectivity index (χ1v) is 10.7. The van der Waals surface area contributed by atoms with Gasteiger partial charge in [-0.05, 0) is 43.3 Å². The third-order valence-corrected chi connectivity index (χ3v) is 5.51. The molecular weight excluding hydrogens is 467 g/mol. The van der Waals surface area contributed by atoms with Crippen LogP contribution in [0.25, 0.3) is 0 Å². The van der Waals surface area contributed by atoms with Gasteiger partial charge in [-0.15, -0.1) is 0 Å². The van der Waals surface area contributed by atoms with Gasteiger partial charge >= 0.3 is 6.18 Å². The quantitative estimate of drug-likeness (QED) is 0.525. The summed E-state index contributed by atoms with van der Waals surface area (Å²) in [6.07, 6.45) is -4.54. The number of carbonyl (C=O) groups is 2. The zero-order chi connectivity index (χ0) is 24.5. The Hall–Kier alpha value is -3.65. The van der Waals surface area contributed by atoms with Crippen molar-refractivity contribution in [2.24, 2.45) is 4.99 Å². The van der Waals surface area contributed by atoms with Crippen LogP contribution in [0.3, 0.4) is 0 Å². The molecule has 1 N–H and O–H groups in total. The van der Waals surface area contributed by atoms with Gasteiger partial charge in [0.05, 0.1) is 17.0 Å². The number of amides is 2.